The average Bonchev–Trinajstić information content (AvgIpc) is 2.13. The molecule has 0 spiro atoms. The summed E-state index contributed by atoms with van der Waals surface area (Å²) in [6, 6.07) is 7.44. The van der Waals surface area contributed by atoms with Crippen LogP contribution in [0.5, 0.6) is 5.75 Å². The van der Waals surface area contributed by atoms with Gasteiger partial charge in [-0.25, -0.2) is 0 Å². The van der Waals surface area contributed by atoms with Crippen LogP contribution in [0, 0.1) is 5.41 Å². The lowest BCUT2D eigenvalue weighted by atomic mass is 9.86. The minimum absolute atomic E-state index is 0.109. The third kappa shape index (κ3) is 3.88. The summed E-state index contributed by atoms with van der Waals surface area (Å²) in [6.45, 7) is 11.7. The second kappa shape index (κ2) is 4.52. The van der Waals surface area contributed by atoms with E-state index in [2.05, 4.69) is 0 Å². The number of para-hydroxylation sites is 1. The minimum atomic E-state index is -0.392. The number of rotatable bonds is 2. The molecule has 0 saturated carbocycles. The Morgan fingerprint density at radius 2 is 1.53 bits per heavy atom. The van der Waals surface area contributed by atoms with Gasteiger partial charge in [-0.3, -0.25) is 4.79 Å². The van der Waals surface area contributed by atoms with Crippen LogP contribution in [0.15, 0.2) is 24.3 Å². The van der Waals surface area contributed by atoms with Crippen LogP contribution in [0.4, 0.5) is 0 Å². The molecule has 0 aliphatic rings. The van der Waals surface area contributed by atoms with Gasteiger partial charge in [0, 0.05) is 5.41 Å². The summed E-state index contributed by atoms with van der Waals surface area (Å²) >= 11 is 0. The van der Waals surface area contributed by atoms with Gasteiger partial charge >= 0.3 is 0 Å². The topological polar surface area (TPSA) is 26.3 Å². The molecule has 1 rings (SSSR count). The number of benzene rings is 1. The fraction of sp³-hybridized carbons (Fsp3) is 0.533. The highest BCUT2D eigenvalue weighted by Crippen LogP contribution is 2.29. The highest BCUT2D eigenvalue weighted by Gasteiger charge is 2.26. The van der Waals surface area contributed by atoms with Crippen molar-refractivity contribution in [3.63, 3.8) is 0 Å². The third-order valence-corrected chi connectivity index (χ3v) is 2.23. The zero-order valence-electron chi connectivity index (χ0n) is 11.6. The quantitative estimate of drug-likeness (QED) is 0.720. The van der Waals surface area contributed by atoms with E-state index in [1.165, 1.54) is 0 Å². The molecule has 0 atom stereocenters. The van der Waals surface area contributed by atoms with Crippen LogP contribution in [0.1, 0.15) is 51.9 Å². The summed E-state index contributed by atoms with van der Waals surface area (Å²) in [5.41, 5.74) is -0.0269. The van der Waals surface area contributed by atoms with E-state index >= 15 is 0 Å². The largest absolute Gasteiger partial charge is 0.487 e. The smallest absolute Gasteiger partial charge is 0.171 e. The van der Waals surface area contributed by atoms with E-state index < -0.39 is 5.41 Å². The summed E-state index contributed by atoms with van der Waals surface area (Å²) in [5.74, 6) is 0.775. The second-order valence-corrected chi connectivity index (χ2v) is 6.29. The second-order valence-electron chi connectivity index (χ2n) is 6.29. The number of Topliss-reactive ketones (excluding diaryl/α,β-unsaturated/α-hetero) is 1. The third-order valence-electron chi connectivity index (χ3n) is 2.23. The molecule has 1 aromatic rings. The highest BCUT2D eigenvalue weighted by molar-refractivity contribution is 6.02. The van der Waals surface area contributed by atoms with Gasteiger partial charge in [-0.05, 0) is 32.9 Å². The first-order chi connectivity index (χ1) is 7.61. The Morgan fingerprint density at radius 3 is 2.00 bits per heavy atom. The van der Waals surface area contributed by atoms with Crippen LogP contribution in [-0.2, 0) is 0 Å². The molecule has 0 saturated heterocycles. The van der Waals surface area contributed by atoms with Gasteiger partial charge < -0.3 is 4.74 Å². The maximum absolute atomic E-state index is 12.3. The van der Waals surface area contributed by atoms with Crippen LogP contribution in [0.2, 0.25) is 0 Å². The summed E-state index contributed by atoms with van der Waals surface area (Å²) in [4.78, 5) is 12.3. The number of ether oxygens (including phenoxy) is 1. The lowest BCUT2D eigenvalue weighted by Gasteiger charge is -2.25. The van der Waals surface area contributed by atoms with Crippen molar-refractivity contribution in [3.05, 3.63) is 29.8 Å². The Bertz CT molecular complexity index is 406. The average molecular weight is 234 g/mol. The maximum Gasteiger partial charge on any atom is 0.171 e. The Hall–Kier alpha value is -1.31. The predicted molar refractivity (Wildman–Crippen MR) is 70.6 cm³/mol. The van der Waals surface area contributed by atoms with Crippen molar-refractivity contribution in [2.45, 2.75) is 47.1 Å². The molecule has 0 aliphatic heterocycles. The monoisotopic (exact) mass is 234 g/mol. The van der Waals surface area contributed by atoms with Crippen molar-refractivity contribution in [1.29, 1.82) is 0 Å². The van der Waals surface area contributed by atoms with E-state index in [1.54, 1.807) is 0 Å². The van der Waals surface area contributed by atoms with Crippen molar-refractivity contribution in [1.82, 2.24) is 0 Å². The fourth-order valence-corrected chi connectivity index (χ4v) is 1.48. The van der Waals surface area contributed by atoms with Crippen molar-refractivity contribution < 1.29 is 9.53 Å². The van der Waals surface area contributed by atoms with E-state index in [0.29, 0.717) is 11.3 Å². The number of carbonyl (C=O) groups excluding carboxylic acids is 1. The molecule has 1 aromatic carbocycles. The Labute approximate surface area is 104 Å². The lowest BCUT2D eigenvalue weighted by Crippen LogP contribution is -2.26. The maximum atomic E-state index is 12.3. The molecule has 0 radical (unpaired) electrons. The van der Waals surface area contributed by atoms with Crippen LogP contribution < -0.4 is 4.74 Å². The van der Waals surface area contributed by atoms with Crippen LogP contribution >= 0.6 is 0 Å². The molecule has 0 N–H and O–H groups in total. The summed E-state index contributed by atoms with van der Waals surface area (Å²) in [5, 5.41) is 0. The van der Waals surface area contributed by atoms with Gasteiger partial charge in [-0.2, -0.15) is 0 Å². The van der Waals surface area contributed by atoms with Crippen molar-refractivity contribution in [3.8, 4) is 5.75 Å². The molecule has 0 unspecified atom stereocenters. The SMILES string of the molecule is CC(C)(C)Oc1ccccc1C(=O)C(C)(C)C. The zero-order valence-corrected chi connectivity index (χ0v) is 11.6. The Balaban J connectivity index is 3.13. The molecule has 2 nitrogen and oxygen atoms in total. The molecule has 2 heteroatoms. The van der Waals surface area contributed by atoms with Gasteiger partial charge in [0.05, 0.1) is 5.56 Å². The molecule has 0 aliphatic carbocycles. The summed E-state index contributed by atoms with van der Waals surface area (Å²) in [6.07, 6.45) is 0. The molecular weight excluding hydrogens is 212 g/mol. The fourth-order valence-electron chi connectivity index (χ4n) is 1.48. The Morgan fingerprint density at radius 1 is 1.00 bits per heavy atom. The molecule has 0 fully saturated rings. The van der Waals surface area contributed by atoms with Crippen LogP contribution in [0.3, 0.4) is 0 Å². The zero-order chi connectivity index (χ0) is 13.3. The predicted octanol–water partition coefficient (Wildman–Crippen LogP) is 4.09. The normalized spacial score (nSPS) is 12.4. The summed E-state index contributed by atoms with van der Waals surface area (Å²) < 4.78 is 5.83. The number of hydrogen-bond acceptors (Lipinski definition) is 2. The van der Waals surface area contributed by atoms with E-state index in [0.717, 1.165) is 0 Å². The van der Waals surface area contributed by atoms with Crippen molar-refractivity contribution in [2.75, 3.05) is 0 Å². The van der Waals surface area contributed by atoms with Crippen LogP contribution in [0.25, 0.3) is 0 Å². The summed E-state index contributed by atoms with van der Waals surface area (Å²) in [7, 11) is 0. The molecule has 17 heavy (non-hydrogen) atoms. The van der Waals surface area contributed by atoms with Gasteiger partial charge in [0.25, 0.3) is 0 Å². The van der Waals surface area contributed by atoms with Gasteiger partial charge in [-0.1, -0.05) is 32.9 Å². The van der Waals surface area contributed by atoms with Gasteiger partial charge in [-0.15, -0.1) is 0 Å². The first kappa shape index (κ1) is 13.8. The number of hydrogen-bond donors (Lipinski definition) is 0. The number of carbonyl (C=O) groups is 1. The standard InChI is InChI=1S/C15H22O2/c1-14(2,3)13(16)11-9-7-8-10-12(11)17-15(4,5)6/h7-10H,1-6H3. The van der Waals surface area contributed by atoms with E-state index in [-0.39, 0.29) is 11.4 Å². The van der Waals surface area contributed by atoms with E-state index in [9.17, 15) is 4.79 Å². The van der Waals surface area contributed by atoms with Crippen LogP contribution in [-0.4, -0.2) is 11.4 Å². The first-order valence-electron chi connectivity index (χ1n) is 5.94. The first-order valence-corrected chi connectivity index (χ1v) is 5.94. The highest BCUT2D eigenvalue weighted by atomic mass is 16.5. The van der Waals surface area contributed by atoms with Gasteiger partial charge in [0.2, 0.25) is 0 Å². The lowest BCUT2D eigenvalue weighted by molar-refractivity contribution is 0.0839. The molecule has 94 valence electrons. The van der Waals surface area contributed by atoms with Gasteiger partial charge in [0.1, 0.15) is 11.4 Å². The molecule has 0 heterocycles. The molecular formula is C15H22O2. The Kier molecular flexibility index (Phi) is 3.65. The molecule has 0 amide bonds. The van der Waals surface area contributed by atoms with E-state index in [1.807, 2.05) is 65.8 Å². The van der Waals surface area contributed by atoms with E-state index in [4.69, 9.17) is 4.74 Å². The molecule has 0 aromatic heterocycles. The number of ketones is 1. The van der Waals surface area contributed by atoms with Gasteiger partial charge in [0.15, 0.2) is 5.78 Å². The van der Waals surface area contributed by atoms with Crippen molar-refractivity contribution in [2.24, 2.45) is 5.41 Å². The van der Waals surface area contributed by atoms with Crippen molar-refractivity contribution >= 4 is 5.78 Å². The molecule has 0 bridgehead atoms. The minimum Gasteiger partial charge on any atom is -0.487 e.